The average molecular weight is 474 g/mol. The predicted octanol–water partition coefficient (Wildman–Crippen LogP) is 1.39. The van der Waals surface area contributed by atoms with E-state index in [0.29, 0.717) is 54.5 Å². The number of benzene rings is 2. The second-order valence-corrected chi connectivity index (χ2v) is 8.44. The van der Waals surface area contributed by atoms with E-state index in [9.17, 15) is 19.6 Å². The second kappa shape index (κ2) is 10.4. The number of ether oxygens (including phenoxy) is 1. The van der Waals surface area contributed by atoms with E-state index in [4.69, 9.17) is 4.74 Å². The molecule has 0 saturated carbocycles. The number of aromatic nitrogens is 2. The molecule has 9 heteroatoms. The molecule has 35 heavy (non-hydrogen) atoms. The van der Waals surface area contributed by atoms with Gasteiger partial charge in [0.15, 0.2) is 5.78 Å². The smallest absolute Gasteiger partial charge is 0.332 e. The summed E-state index contributed by atoms with van der Waals surface area (Å²) in [7, 11) is 3.14. The fourth-order valence-corrected chi connectivity index (χ4v) is 4.16. The van der Waals surface area contributed by atoms with Crippen molar-refractivity contribution < 1.29 is 9.53 Å². The normalized spacial score (nSPS) is 13.9. The molecule has 1 aliphatic heterocycles. The highest BCUT2D eigenvalue weighted by Gasteiger charge is 2.21. The molecule has 0 spiro atoms. The summed E-state index contributed by atoms with van der Waals surface area (Å²) in [4.78, 5) is 41.6. The van der Waals surface area contributed by atoms with Crippen LogP contribution in [0.2, 0.25) is 0 Å². The second-order valence-electron chi connectivity index (χ2n) is 8.44. The largest absolute Gasteiger partial charge is 0.491 e. The summed E-state index contributed by atoms with van der Waals surface area (Å²) in [5.74, 6) is 0.883. The Morgan fingerprint density at radius 1 is 0.971 bits per heavy atom. The molecular formula is C26H27N5O4. The molecular weight excluding hydrogens is 446 g/mol. The lowest BCUT2D eigenvalue weighted by molar-refractivity contribution is 0.103. The van der Waals surface area contributed by atoms with Crippen LogP contribution < -0.4 is 20.9 Å². The summed E-state index contributed by atoms with van der Waals surface area (Å²) in [6.07, 6.45) is 0. The van der Waals surface area contributed by atoms with Crippen molar-refractivity contribution in [1.29, 1.82) is 5.26 Å². The van der Waals surface area contributed by atoms with Crippen LogP contribution in [-0.4, -0.2) is 59.1 Å². The SMILES string of the molecule is Cn1c(N2CCN(CCOc3ccc(C#N)cc3C(=O)c3ccccc3)CC2)cc(=O)n(C)c1=O. The predicted molar refractivity (Wildman–Crippen MR) is 132 cm³/mol. The van der Waals surface area contributed by atoms with Crippen LogP contribution in [0.25, 0.3) is 0 Å². The van der Waals surface area contributed by atoms with Gasteiger partial charge in [0, 0.05) is 58.4 Å². The van der Waals surface area contributed by atoms with Gasteiger partial charge in [-0.05, 0) is 18.2 Å². The average Bonchev–Trinajstić information content (AvgIpc) is 2.90. The first kappa shape index (κ1) is 24.0. The summed E-state index contributed by atoms with van der Waals surface area (Å²) < 4.78 is 8.57. The Hall–Kier alpha value is -4.16. The van der Waals surface area contributed by atoms with E-state index in [0.717, 1.165) is 17.7 Å². The topological polar surface area (TPSA) is 101 Å². The van der Waals surface area contributed by atoms with Crippen LogP contribution in [0, 0.1) is 11.3 Å². The molecule has 180 valence electrons. The Morgan fingerprint density at radius 3 is 2.37 bits per heavy atom. The van der Waals surface area contributed by atoms with Crippen molar-refractivity contribution in [2.75, 3.05) is 44.2 Å². The third kappa shape index (κ3) is 5.18. The Bertz CT molecular complexity index is 1380. The van der Waals surface area contributed by atoms with Crippen molar-refractivity contribution in [1.82, 2.24) is 14.0 Å². The monoisotopic (exact) mass is 473 g/mol. The third-order valence-electron chi connectivity index (χ3n) is 6.25. The van der Waals surface area contributed by atoms with Gasteiger partial charge in [-0.1, -0.05) is 30.3 Å². The molecule has 0 atom stereocenters. The number of carbonyl (C=O) groups is 1. The third-order valence-corrected chi connectivity index (χ3v) is 6.25. The molecule has 1 fully saturated rings. The molecule has 3 aromatic rings. The van der Waals surface area contributed by atoms with Gasteiger partial charge < -0.3 is 9.64 Å². The molecule has 1 aliphatic rings. The van der Waals surface area contributed by atoms with Crippen molar-refractivity contribution in [2.45, 2.75) is 0 Å². The lowest BCUT2D eigenvalue weighted by Gasteiger charge is -2.36. The van der Waals surface area contributed by atoms with Gasteiger partial charge in [-0.2, -0.15) is 5.26 Å². The molecule has 1 saturated heterocycles. The Morgan fingerprint density at radius 2 is 1.69 bits per heavy atom. The highest BCUT2D eigenvalue weighted by molar-refractivity contribution is 6.10. The van der Waals surface area contributed by atoms with Crippen LogP contribution >= 0.6 is 0 Å². The van der Waals surface area contributed by atoms with E-state index in [1.54, 1.807) is 49.5 Å². The molecule has 0 unspecified atom stereocenters. The standard InChI is InChI=1S/C26H27N5O4/c1-28-23(17-24(32)29(2)26(28)34)31-12-10-30(11-13-31)14-15-35-22-9-8-19(18-27)16-21(22)25(33)20-6-4-3-5-7-20/h3-9,16-17H,10-15H2,1-2H3. The first-order chi connectivity index (χ1) is 16.9. The summed E-state index contributed by atoms with van der Waals surface area (Å²) in [5.41, 5.74) is 0.645. The minimum atomic E-state index is -0.341. The van der Waals surface area contributed by atoms with E-state index in [-0.39, 0.29) is 17.0 Å². The lowest BCUT2D eigenvalue weighted by Crippen LogP contribution is -2.50. The van der Waals surface area contributed by atoms with Crippen molar-refractivity contribution in [2.24, 2.45) is 14.1 Å². The van der Waals surface area contributed by atoms with Crippen molar-refractivity contribution in [3.63, 3.8) is 0 Å². The van der Waals surface area contributed by atoms with E-state index in [1.165, 1.54) is 17.7 Å². The van der Waals surface area contributed by atoms with Gasteiger partial charge in [0.25, 0.3) is 5.56 Å². The van der Waals surface area contributed by atoms with E-state index >= 15 is 0 Å². The van der Waals surface area contributed by atoms with E-state index in [1.807, 2.05) is 11.0 Å². The molecule has 2 heterocycles. The van der Waals surface area contributed by atoms with Gasteiger partial charge in [-0.25, -0.2) is 4.79 Å². The zero-order valence-electron chi connectivity index (χ0n) is 19.8. The number of hydrogen-bond acceptors (Lipinski definition) is 7. The quantitative estimate of drug-likeness (QED) is 0.478. The highest BCUT2D eigenvalue weighted by atomic mass is 16.5. The Balaban J connectivity index is 1.38. The van der Waals surface area contributed by atoms with Crippen molar-refractivity contribution in [3.8, 4) is 11.8 Å². The minimum absolute atomic E-state index is 0.189. The minimum Gasteiger partial charge on any atom is -0.491 e. The van der Waals surface area contributed by atoms with Crippen LogP contribution in [0.1, 0.15) is 21.5 Å². The number of carbonyl (C=O) groups excluding carboxylic acids is 1. The number of hydrogen-bond donors (Lipinski definition) is 0. The molecule has 0 bridgehead atoms. The number of ketones is 1. The summed E-state index contributed by atoms with van der Waals surface area (Å²) in [6, 6.07) is 17.4. The molecule has 0 N–H and O–H groups in total. The summed E-state index contributed by atoms with van der Waals surface area (Å²) >= 11 is 0. The molecule has 2 aromatic carbocycles. The van der Waals surface area contributed by atoms with Crippen LogP contribution in [-0.2, 0) is 14.1 Å². The maximum absolute atomic E-state index is 13.0. The van der Waals surface area contributed by atoms with Gasteiger partial charge in [-0.15, -0.1) is 0 Å². The highest BCUT2D eigenvalue weighted by Crippen LogP contribution is 2.23. The number of anilines is 1. The molecule has 0 radical (unpaired) electrons. The molecule has 0 amide bonds. The molecule has 0 aliphatic carbocycles. The molecule has 1 aromatic heterocycles. The van der Waals surface area contributed by atoms with Gasteiger partial charge in [0.05, 0.1) is 17.2 Å². The first-order valence-corrected chi connectivity index (χ1v) is 11.4. The van der Waals surface area contributed by atoms with Gasteiger partial charge >= 0.3 is 5.69 Å². The van der Waals surface area contributed by atoms with Crippen LogP contribution in [0.4, 0.5) is 5.82 Å². The zero-order chi connectivity index (χ0) is 24.9. The summed E-state index contributed by atoms with van der Waals surface area (Å²) in [5, 5.41) is 9.27. The lowest BCUT2D eigenvalue weighted by atomic mass is 10.0. The number of nitriles is 1. The van der Waals surface area contributed by atoms with E-state index < -0.39 is 0 Å². The van der Waals surface area contributed by atoms with Crippen molar-refractivity contribution >= 4 is 11.6 Å². The molecule has 4 rings (SSSR count). The van der Waals surface area contributed by atoms with Crippen LogP contribution in [0.15, 0.2) is 64.2 Å². The van der Waals surface area contributed by atoms with Gasteiger partial charge in [0.1, 0.15) is 18.2 Å². The molecule has 9 nitrogen and oxygen atoms in total. The van der Waals surface area contributed by atoms with E-state index in [2.05, 4.69) is 11.0 Å². The number of nitrogens with zero attached hydrogens (tertiary/aromatic N) is 5. The zero-order valence-corrected chi connectivity index (χ0v) is 19.8. The first-order valence-electron chi connectivity index (χ1n) is 11.4. The number of piperazine rings is 1. The number of rotatable bonds is 7. The Kier molecular flexibility index (Phi) is 7.13. The fraction of sp³-hybridized carbons (Fsp3) is 0.308. The van der Waals surface area contributed by atoms with Crippen molar-refractivity contribution in [3.05, 3.63) is 92.1 Å². The summed E-state index contributed by atoms with van der Waals surface area (Å²) in [6.45, 7) is 3.88. The fourth-order valence-electron chi connectivity index (χ4n) is 4.16. The van der Waals surface area contributed by atoms with Crippen LogP contribution in [0.3, 0.4) is 0 Å². The maximum atomic E-state index is 13.0. The van der Waals surface area contributed by atoms with Gasteiger partial charge in [-0.3, -0.25) is 23.6 Å². The van der Waals surface area contributed by atoms with Gasteiger partial charge in [0.2, 0.25) is 0 Å². The Labute approximate surface area is 203 Å². The van der Waals surface area contributed by atoms with Crippen LogP contribution in [0.5, 0.6) is 5.75 Å². The maximum Gasteiger partial charge on any atom is 0.332 e.